The highest BCUT2D eigenvalue weighted by Gasteiger charge is 2.23. The van der Waals surface area contributed by atoms with Gasteiger partial charge in [-0.2, -0.15) is 0 Å². The smallest absolute Gasteiger partial charge is 0.228 e. The first-order chi connectivity index (χ1) is 8.33. The Bertz CT molecular complexity index is 414. The fourth-order valence-corrected chi connectivity index (χ4v) is 2.13. The van der Waals surface area contributed by atoms with Crippen LogP contribution in [0.3, 0.4) is 0 Å². The first kappa shape index (κ1) is 11.9. The second kappa shape index (κ2) is 5.64. The van der Waals surface area contributed by atoms with Crippen LogP contribution in [0.2, 0.25) is 0 Å². The number of benzene rings is 1. The van der Waals surface area contributed by atoms with E-state index in [2.05, 4.69) is 18.0 Å². The van der Waals surface area contributed by atoms with Gasteiger partial charge < -0.3 is 10.2 Å². The van der Waals surface area contributed by atoms with Gasteiger partial charge in [0.15, 0.2) is 0 Å². The van der Waals surface area contributed by atoms with Crippen LogP contribution in [0.25, 0.3) is 0 Å². The van der Waals surface area contributed by atoms with Crippen LogP contribution in [-0.4, -0.2) is 25.5 Å². The van der Waals surface area contributed by atoms with Gasteiger partial charge in [-0.1, -0.05) is 24.3 Å². The molecule has 17 heavy (non-hydrogen) atoms. The predicted molar refractivity (Wildman–Crippen MR) is 70.2 cm³/mol. The lowest BCUT2D eigenvalue weighted by Crippen LogP contribution is -2.31. The number of carbonyl (C=O) groups is 1. The Hall–Kier alpha value is -1.61. The van der Waals surface area contributed by atoms with E-state index in [0.717, 1.165) is 25.2 Å². The van der Waals surface area contributed by atoms with Crippen molar-refractivity contribution >= 4 is 11.6 Å². The van der Waals surface area contributed by atoms with Crippen molar-refractivity contribution in [2.24, 2.45) is 0 Å². The second-order valence-corrected chi connectivity index (χ2v) is 4.17. The molecule has 1 heterocycles. The van der Waals surface area contributed by atoms with E-state index < -0.39 is 0 Å². The van der Waals surface area contributed by atoms with Crippen molar-refractivity contribution in [2.45, 2.75) is 12.8 Å². The Morgan fingerprint density at radius 2 is 2.29 bits per heavy atom. The first-order valence-electron chi connectivity index (χ1n) is 6.03. The molecule has 1 N–H and O–H groups in total. The fourth-order valence-electron chi connectivity index (χ4n) is 2.13. The molecule has 0 aromatic heterocycles. The summed E-state index contributed by atoms with van der Waals surface area (Å²) < 4.78 is 0. The molecule has 90 valence electrons. The third-order valence-corrected chi connectivity index (χ3v) is 2.99. The molecule has 1 aromatic rings. The normalized spacial score (nSPS) is 13.5. The highest BCUT2D eigenvalue weighted by atomic mass is 16.2. The number of para-hydroxylation sites is 1. The van der Waals surface area contributed by atoms with Gasteiger partial charge in [-0.25, -0.2) is 0 Å². The van der Waals surface area contributed by atoms with Gasteiger partial charge in [0.25, 0.3) is 0 Å². The van der Waals surface area contributed by atoms with Crippen LogP contribution >= 0.6 is 0 Å². The van der Waals surface area contributed by atoms with Crippen LogP contribution in [0.5, 0.6) is 0 Å². The molecule has 0 unspecified atom stereocenters. The van der Waals surface area contributed by atoms with Gasteiger partial charge in [-0.3, -0.25) is 4.79 Å². The SMILES string of the molecule is C=CCNCCC(=O)N1CCc2ccccc21. The molecule has 0 saturated heterocycles. The summed E-state index contributed by atoms with van der Waals surface area (Å²) in [5.41, 5.74) is 2.36. The van der Waals surface area contributed by atoms with E-state index in [1.54, 1.807) is 6.08 Å². The molecule has 0 radical (unpaired) electrons. The fraction of sp³-hybridized carbons (Fsp3) is 0.357. The number of rotatable bonds is 5. The molecule has 3 nitrogen and oxygen atoms in total. The van der Waals surface area contributed by atoms with E-state index in [1.807, 2.05) is 23.1 Å². The third-order valence-electron chi connectivity index (χ3n) is 2.99. The number of nitrogens with one attached hydrogen (secondary N) is 1. The highest BCUT2D eigenvalue weighted by molar-refractivity contribution is 5.95. The largest absolute Gasteiger partial charge is 0.313 e. The third kappa shape index (κ3) is 2.74. The van der Waals surface area contributed by atoms with Crippen LogP contribution in [0.15, 0.2) is 36.9 Å². The Kier molecular flexibility index (Phi) is 3.94. The summed E-state index contributed by atoms with van der Waals surface area (Å²) >= 11 is 0. The second-order valence-electron chi connectivity index (χ2n) is 4.17. The molecule has 0 spiro atoms. The van der Waals surface area contributed by atoms with Crippen molar-refractivity contribution in [3.63, 3.8) is 0 Å². The number of carbonyl (C=O) groups excluding carboxylic acids is 1. The molecule has 1 aliphatic rings. The zero-order chi connectivity index (χ0) is 12.1. The van der Waals surface area contributed by atoms with Crippen molar-refractivity contribution in [3.8, 4) is 0 Å². The molecular weight excluding hydrogens is 212 g/mol. The zero-order valence-corrected chi connectivity index (χ0v) is 9.98. The van der Waals surface area contributed by atoms with Crippen molar-refractivity contribution in [2.75, 3.05) is 24.5 Å². The topological polar surface area (TPSA) is 32.3 Å². The van der Waals surface area contributed by atoms with Crippen LogP contribution < -0.4 is 10.2 Å². The van der Waals surface area contributed by atoms with E-state index in [1.165, 1.54) is 5.56 Å². The van der Waals surface area contributed by atoms with Gasteiger partial charge in [0.05, 0.1) is 0 Å². The molecule has 0 aliphatic carbocycles. The number of hydrogen-bond acceptors (Lipinski definition) is 2. The maximum Gasteiger partial charge on any atom is 0.228 e. The van der Waals surface area contributed by atoms with E-state index in [-0.39, 0.29) is 5.91 Å². The quantitative estimate of drug-likeness (QED) is 0.617. The minimum atomic E-state index is 0.200. The molecular formula is C14H18N2O. The summed E-state index contributed by atoms with van der Waals surface area (Å²) in [5, 5.41) is 3.15. The van der Waals surface area contributed by atoms with E-state index >= 15 is 0 Å². The van der Waals surface area contributed by atoms with Gasteiger partial charge in [-0.05, 0) is 18.1 Å². The van der Waals surface area contributed by atoms with Crippen molar-refractivity contribution < 1.29 is 4.79 Å². The summed E-state index contributed by atoms with van der Waals surface area (Å²) in [5.74, 6) is 0.200. The minimum Gasteiger partial charge on any atom is -0.313 e. The van der Waals surface area contributed by atoms with Crippen molar-refractivity contribution in [1.82, 2.24) is 5.32 Å². The zero-order valence-electron chi connectivity index (χ0n) is 9.98. The molecule has 0 fully saturated rings. The summed E-state index contributed by atoms with van der Waals surface area (Å²) in [6.45, 7) is 5.91. The molecule has 2 rings (SSSR count). The lowest BCUT2D eigenvalue weighted by Gasteiger charge is -2.17. The summed E-state index contributed by atoms with van der Waals surface area (Å²) in [6.07, 6.45) is 3.32. The number of amides is 1. The van der Waals surface area contributed by atoms with E-state index in [4.69, 9.17) is 0 Å². The first-order valence-corrected chi connectivity index (χ1v) is 6.03. The summed E-state index contributed by atoms with van der Waals surface area (Å²) in [6, 6.07) is 8.13. The maximum atomic E-state index is 12.0. The van der Waals surface area contributed by atoms with Crippen LogP contribution in [0.1, 0.15) is 12.0 Å². The monoisotopic (exact) mass is 230 g/mol. The molecule has 1 aliphatic heterocycles. The maximum absolute atomic E-state index is 12.0. The van der Waals surface area contributed by atoms with Crippen molar-refractivity contribution in [1.29, 1.82) is 0 Å². The molecule has 0 saturated carbocycles. The average Bonchev–Trinajstić information content (AvgIpc) is 2.78. The van der Waals surface area contributed by atoms with Gasteiger partial charge >= 0.3 is 0 Å². The lowest BCUT2D eigenvalue weighted by atomic mass is 10.2. The van der Waals surface area contributed by atoms with E-state index in [9.17, 15) is 4.79 Å². The predicted octanol–water partition coefficient (Wildman–Crippen LogP) is 1.74. The Morgan fingerprint density at radius 3 is 3.12 bits per heavy atom. The molecule has 3 heteroatoms. The number of anilines is 1. The van der Waals surface area contributed by atoms with Crippen LogP contribution in [-0.2, 0) is 11.2 Å². The van der Waals surface area contributed by atoms with Gasteiger partial charge in [0.1, 0.15) is 0 Å². The average molecular weight is 230 g/mol. The Morgan fingerprint density at radius 1 is 1.47 bits per heavy atom. The van der Waals surface area contributed by atoms with Crippen molar-refractivity contribution in [3.05, 3.63) is 42.5 Å². The number of nitrogens with zero attached hydrogens (tertiary/aromatic N) is 1. The van der Waals surface area contributed by atoms with E-state index in [0.29, 0.717) is 13.0 Å². The lowest BCUT2D eigenvalue weighted by molar-refractivity contribution is -0.118. The number of fused-ring (bicyclic) bond motifs is 1. The minimum absolute atomic E-state index is 0.200. The molecule has 1 aromatic carbocycles. The standard InChI is InChI=1S/C14H18N2O/c1-2-9-15-10-7-14(17)16-11-8-12-5-3-4-6-13(12)16/h2-6,15H,1,7-11H2. The summed E-state index contributed by atoms with van der Waals surface area (Å²) in [7, 11) is 0. The van der Waals surface area contributed by atoms with Crippen LogP contribution in [0, 0.1) is 0 Å². The highest BCUT2D eigenvalue weighted by Crippen LogP contribution is 2.27. The molecule has 0 atom stereocenters. The molecule has 0 bridgehead atoms. The summed E-state index contributed by atoms with van der Waals surface area (Å²) in [4.78, 5) is 13.9. The number of hydrogen-bond donors (Lipinski definition) is 1. The van der Waals surface area contributed by atoms with Gasteiger partial charge in [0, 0.05) is 31.7 Å². The Balaban J connectivity index is 1.91. The van der Waals surface area contributed by atoms with Gasteiger partial charge in [-0.15, -0.1) is 6.58 Å². The molecule has 1 amide bonds. The van der Waals surface area contributed by atoms with Gasteiger partial charge in [0.2, 0.25) is 5.91 Å². The Labute approximate surface area is 102 Å². The van der Waals surface area contributed by atoms with Crippen LogP contribution in [0.4, 0.5) is 5.69 Å².